The zero-order chi connectivity index (χ0) is 12.8. The predicted octanol–water partition coefficient (Wildman–Crippen LogP) is 2.70. The van der Waals surface area contributed by atoms with Gasteiger partial charge in [-0.15, -0.1) is 0 Å². The van der Waals surface area contributed by atoms with Crippen molar-refractivity contribution in [2.24, 2.45) is 0 Å². The third kappa shape index (κ3) is 4.21. The van der Waals surface area contributed by atoms with Crippen molar-refractivity contribution in [1.29, 1.82) is 0 Å². The second kappa shape index (κ2) is 6.51. The van der Waals surface area contributed by atoms with Crippen LogP contribution in [0.1, 0.15) is 26.3 Å². The summed E-state index contributed by atoms with van der Waals surface area (Å²) in [7, 11) is 0. The van der Waals surface area contributed by atoms with Crippen molar-refractivity contribution in [2.75, 3.05) is 6.61 Å². The molecule has 1 aromatic carbocycles. The van der Waals surface area contributed by atoms with E-state index in [4.69, 9.17) is 21.8 Å². The lowest BCUT2D eigenvalue weighted by atomic mass is 9.85. The van der Waals surface area contributed by atoms with Gasteiger partial charge in [0, 0.05) is 11.6 Å². The smallest absolute Gasteiger partial charge is 0.313 e. The Morgan fingerprint density at radius 2 is 1.69 bits per heavy atom. The van der Waals surface area contributed by atoms with Crippen LogP contribution in [0.4, 0.5) is 0 Å². The maximum absolute atomic E-state index is 10.9. The highest BCUT2D eigenvalue weighted by Crippen LogP contribution is 2.24. The van der Waals surface area contributed by atoms with Crippen LogP contribution in [0.5, 0.6) is 0 Å². The highest BCUT2D eigenvalue weighted by Gasteiger charge is 2.28. The van der Waals surface area contributed by atoms with Crippen LogP contribution in [0.2, 0.25) is 5.02 Å². The van der Waals surface area contributed by atoms with E-state index in [1.165, 1.54) is 0 Å². The molecule has 0 aliphatic heterocycles. The van der Waals surface area contributed by atoms with E-state index in [0.29, 0.717) is 5.02 Å². The SMILES string of the molecule is CC(C)(C(=O)O)c1ccc(Cl)cc1.CCO. The third-order valence-electron chi connectivity index (χ3n) is 2.10. The monoisotopic (exact) mass is 244 g/mol. The van der Waals surface area contributed by atoms with Gasteiger partial charge in [-0.05, 0) is 38.5 Å². The van der Waals surface area contributed by atoms with Gasteiger partial charge in [0.15, 0.2) is 0 Å². The fraction of sp³-hybridized carbons (Fsp3) is 0.417. The molecule has 0 bridgehead atoms. The molecule has 4 heteroatoms. The molecule has 0 amide bonds. The molecule has 0 radical (unpaired) electrons. The lowest BCUT2D eigenvalue weighted by Crippen LogP contribution is -2.28. The molecule has 0 fully saturated rings. The molecule has 0 heterocycles. The van der Waals surface area contributed by atoms with Crippen LogP contribution < -0.4 is 0 Å². The van der Waals surface area contributed by atoms with Crippen LogP contribution in [0, 0.1) is 0 Å². The van der Waals surface area contributed by atoms with E-state index < -0.39 is 11.4 Å². The van der Waals surface area contributed by atoms with Crippen LogP contribution in [0.3, 0.4) is 0 Å². The molecule has 3 nitrogen and oxygen atoms in total. The van der Waals surface area contributed by atoms with Crippen molar-refractivity contribution in [3.63, 3.8) is 0 Å². The Kier molecular flexibility index (Phi) is 6.08. The zero-order valence-electron chi connectivity index (χ0n) is 9.70. The van der Waals surface area contributed by atoms with Crippen molar-refractivity contribution in [1.82, 2.24) is 0 Å². The molecule has 16 heavy (non-hydrogen) atoms. The van der Waals surface area contributed by atoms with Gasteiger partial charge in [0.1, 0.15) is 0 Å². The highest BCUT2D eigenvalue weighted by atomic mass is 35.5. The van der Waals surface area contributed by atoms with E-state index in [1.807, 2.05) is 0 Å². The summed E-state index contributed by atoms with van der Waals surface area (Å²) in [5.74, 6) is -0.838. The van der Waals surface area contributed by atoms with Crippen LogP contribution >= 0.6 is 11.6 Å². The first kappa shape index (κ1) is 14.9. The van der Waals surface area contributed by atoms with Gasteiger partial charge in [-0.2, -0.15) is 0 Å². The first-order valence-corrected chi connectivity index (χ1v) is 5.34. The van der Waals surface area contributed by atoms with Crippen molar-refractivity contribution < 1.29 is 15.0 Å². The molecule has 0 unspecified atom stereocenters. The Bertz CT molecular complexity index is 331. The minimum absolute atomic E-state index is 0.250. The van der Waals surface area contributed by atoms with E-state index >= 15 is 0 Å². The van der Waals surface area contributed by atoms with Crippen LogP contribution in [-0.4, -0.2) is 22.8 Å². The van der Waals surface area contributed by atoms with E-state index in [2.05, 4.69) is 0 Å². The summed E-state index contributed by atoms with van der Waals surface area (Å²) in [6.07, 6.45) is 0. The average Bonchev–Trinajstić information content (AvgIpc) is 2.19. The average molecular weight is 245 g/mol. The number of carbonyl (C=O) groups is 1. The normalized spacial score (nSPS) is 10.3. The minimum Gasteiger partial charge on any atom is -0.481 e. The molecule has 0 aliphatic carbocycles. The number of hydrogen-bond donors (Lipinski definition) is 2. The van der Waals surface area contributed by atoms with Gasteiger partial charge in [-0.25, -0.2) is 0 Å². The summed E-state index contributed by atoms with van der Waals surface area (Å²) in [5.41, 5.74) is -0.102. The molecule has 1 rings (SSSR count). The van der Waals surface area contributed by atoms with E-state index in [0.717, 1.165) is 5.56 Å². The number of aliphatic hydroxyl groups is 1. The fourth-order valence-electron chi connectivity index (χ4n) is 0.990. The molecule has 0 aliphatic rings. The first-order chi connectivity index (χ1) is 7.36. The summed E-state index contributed by atoms with van der Waals surface area (Å²) >= 11 is 5.69. The Morgan fingerprint density at radius 3 is 2.00 bits per heavy atom. The molecule has 0 saturated heterocycles. The molecular weight excluding hydrogens is 228 g/mol. The second-order valence-corrected chi connectivity index (χ2v) is 4.19. The number of benzene rings is 1. The molecular formula is C12H17ClO3. The van der Waals surface area contributed by atoms with Crippen LogP contribution in [0.25, 0.3) is 0 Å². The maximum Gasteiger partial charge on any atom is 0.313 e. The summed E-state index contributed by atoms with van der Waals surface area (Å²) in [5, 5.41) is 17.1. The Morgan fingerprint density at radius 1 is 1.31 bits per heavy atom. The van der Waals surface area contributed by atoms with Gasteiger partial charge in [-0.3, -0.25) is 4.79 Å². The fourth-order valence-corrected chi connectivity index (χ4v) is 1.12. The molecule has 0 saturated carbocycles. The Balaban J connectivity index is 0.000000673. The van der Waals surface area contributed by atoms with Crippen molar-refractivity contribution >= 4 is 17.6 Å². The van der Waals surface area contributed by atoms with Gasteiger partial charge in [0.05, 0.1) is 5.41 Å². The molecule has 90 valence electrons. The zero-order valence-corrected chi connectivity index (χ0v) is 10.5. The summed E-state index contributed by atoms with van der Waals surface area (Å²) in [4.78, 5) is 10.9. The minimum atomic E-state index is -0.857. The maximum atomic E-state index is 10.9. The van der Waals surface area contributed by atoms with E-state index in [9.17, 15) is 4.79 Å². The van der Waals surface area contributed by atoms with Crippen molar-refractivity contribution in [3.05, 3.63) is 34.9 Å². The topological polar surface area (TPSA) is 57.5 Å². The van der Waals surface area contributed by atoms with Crippen LogP contribution in [-0.2, 0) is 10.2 Å². The predicted molar refractivity (Wildman–Crippen MR) is 64.9 cm³/mol. The number of rotatable bonds is 2. The number of halogens is 1. The number of aliphatic carboxylic acids is 1. The quantitative estimate of drug-likeness (QED) is 0.841. The number of hydrogen-bond acceptors (Lipinski definition) is 2. The van der Waals surface area contributed by atoms with Gasteiger partial charge in [-0.1, -0.05) is 23.7 Å². The van der Waals surface area contributed by atoms with Crippen molar-refractivity contribution in [3.8, 4) is 0 Å². The third-order valence-corrected chi connectivity index (χ3v) is 2.35. The lowest BCUT2D eigenvalue weighted by Gasteiger charge is -2.19. The van der Waals surface area contributed by atoms with E-state index in [-0.39, 0.29) is 6.61 Å². The van der Waals surface area contributed by atoms with Gasteiger partial charge in [0.2, 0.25) is 0 Å². The largest absolute Gasteiger partial charge is 0.481 e. The molecule has 0 spiro atoms. The highest BCUT2D eigenvalue weighted by molar-refractivity contribution is 6.30. The Labute approximate surface area is 101 Å². The standard InChI is InChI=1S/C10H11ClO2.C2H6O/c1-10(2,9(12)13)7-3-5-8(11)6-4-7;1-2-3/h3-6H,1-2H3,(H,12,13);3H,2H2,1H3. The number of carboxylic acids is 1. The summed E-state index contributed by atoms with van der Waals surface area (Å²) < 4.78 is 0. The molecule has 0 aromatic heterocycles. The summed E-state index contributed by atoms with van der Waals surface area (Å²) in [6.45, 7) is 5.26. The van der Waals surface area contributed by atoms with Crippen LogP contribution in [0.15, 0.2) is 24.3 Å². The summed E-state index contributed by atoms with van der Waals surface area (Å²) in [6, 6.07) is 6.86. The second-order valence-electron chi connectivity index (χ2n) is 3.75. The van der Waals surface area contributed by atoms with E-state index in [1.54, 1.807) is 45.0 Å². The molecule has 2 N–H and O–H groups in total. The first-order valence-electron chi connectivity index (χ1n) is 4.96. The van der Waals surface area contributed by atoms with Gasteiger partial charge < -0.3 is 10.2 Å². The molecule has 1 aromatic rings. The lowest BCUT2D eigenvalue weighted by molar-refractivity contribution is -0.142. The van der Waals surface area contributed by atoms with Gasteiger partial charge >= 0.3 is 5.97 Å². The van der Waals surface area contributed by atoms with Gasteiger partial charge in [0.25, 0.3) is 0 Å². The number of carboxylic acid groups (broad SMARTS) is 1. The van der Waals surface area contributed by atoms with Crippen molar-refractivity contribution in [2.45, 2.75) is 26.2 Å². The number of aliphatic hydroxyl groups excluding tert-OH is 1. The molecule has 0 atom stereocenters. The Hall–Kier alpha value is -1.06.